The molecule has 0 bridgehead atoms. The average Bonchev–Trinajstić information content (AvgIpc) is 2.34. The first-order valence-electron chi connectivity index (χ1n) is 6.90. The maximum Gasteiger partial charge on any atom is 0.123 e. The summed E-state index contributed by atoms with van der Waals surface area (Å²) in [6, 6.07) is 4.36. The highest BCUT2D eigenvalue weighted by Crippen LogP contribution is 2.36. The molecule has 0 fully saturated rings. The minimum absolute atomic E-state index is 0.0113. The van der Waals surface area contributed by atoms with E-state index in [4.69, 9.17) is 0 Å². The van der Waals surface area contributed by atoms with Crippen molar-refractivity contribution in [2.75, 3.05) is 11.5 Å². The summed E-state index contributed by atoms with van der Waals surface area (Å²) in [7, 11) is 0. The van der Waals surface area contributed by atoms with Gasteiger partial charge in [0.2, 0.25) is 0 Å². The van der Waals surface area contributed by atoms with Crippen molar-refractivity contribution in [1.29, 1.82) is 0 Å². The van der Waals surface area contributed by atoms with Crippen LogP contribution in [0.25, 0.3) is 0 Å². The van der Waals surface area contributed by atoms with Crippen LogP contribution in [0.1, 0.15) is 51.3 Å². The number of rotatable bonds is 6. The second kappa shape index (κ2) is 7.49. The third-order valence-electron chi connectivity index (χ3n) is 2.99. The molecule has 1 aromatic carbocycles. The minimum atomic E-state index is -0.0113. The molecule has 0 unspecified atom stereocenters. The van der Waals surface area contributed by atoms with E-state index in [1.54, 1.807) is 0 Å². The molecule has 108 valence electrons. The molecule has 1 aromatic rings. The Morgan fingerprint density at radius 1 is 1.00 bits per heavy atom. The van der Waals surface area contributed by atoms with E-state index in [-0.39, 0.29) is 5.41 Å². The van der Waals surface area contributed by atoms with E-state index in [0.29, 0.717) is 5.75 Å². The van der Waals surface area contributed by atoms with Crippen molar-refractivity contribution < 1.29 is 5.11 Å². The minimum Gasteiger partial charge on any atom is -0.507 e. The summed E-state index contributed by atoms with van der Waals surface area (Å²) in [5.41, 5.74) is 3.49. The van der Waals surface area contributed by atoms with Crippen molar-refractivity contribution >= 4 is 23.5 Å². The van der Waals surface area contributed by atoms with Crippen molar-refractivity contribution in [2.24, 2.45) is 0 Å². The van der Waals surface area contributed by atoms with E-state index < -0.39 is 0 Å². The Balaban J connectivity index is 3.14. The predicted molar refractivity (Wildman–Crippen MR) is 90.5 cm³/mol. The topological polar surface area (TPSA) is 20.2 Å². The van der Waals surface area contributed by atoms with Crippen LogP contribution in [-0.4, -0.2) is 16.6 Å². The number of hydrogen-bond donors (Lipinski definition) is 1. The summed E-state index contributed by atoms with van der Waals surface area (Å²) in [5, 5.41) is 10.5. The van der Waals surface area contributed by atoms with Crippen LogP contribution in [0.5, 0.6) is 5.75 Å². The molecular weight excluding hydrogens is 272 g/mol. The van der Waals surface area contributed by atoms with Gasteiger partial charge >= 0.3 is 0 Å². The van der Waals surface area contributed by atoms with Gasteiger partial charge in [0.05, 0.1) is 0 Å². The highest BCUT2D eigenvalue weighted by molar-refractivity contribution is 7.98. The lowest BCUT2D eigenvalue weighted by atomic mass is 9.84. The molecule has 0 aliphatic carbocycles. The molecule has 19 heavy (non-hydrogen) atoms. The fraction of sp³-hybridized carbons (Fsp3) is 0.625. The van der Waals surface area contributed by atoms with Gasteiger partial charge in [-0.05, 0) is 28.0 Å². The second-order valence-electron chi connectivity index (χ2n) is 5.68. The van der Waals surface area contributed by atoms with Gasteiger partial charge in [-0.25, -0.2) is 0 Å². The molecule has 0 spiro atoms. The molecular formula is C16H26OS2. The standard InChI is InChI=1S/C16H26OS2/c1-6-18-10-12-8-13(11-19-7-2)15(17)14(9-12)16(3,4)5/h8-9,17H,6-7,10-11H2,1-5H3. The lowest BCUT2D eigenvalue weighted by Gasteiger charge is -2.23. The molecule has 0 saturated heterocycles. The average molecular weight is 299 g/mol. The van der Waals surface area contributed by atoms with E-state index in [1.807, 2.05) is 23.5 Å². The summed E-state index contributed by atoms with van der Waals surface area (Å²) < 4.78 is 0. The van der Waals surface area contributed by atoms with Crippen LogP contribution in [0, 0.1) is 0 Å². The monoisotopic (exact) mass is 298 g/mol. The van der Waals surface area contributed by atoms with E-state index in [1.165, 1.54) is 5.56 Å². The van der Waals surface area contributed by atoms with Gasteiger partial charge < -0.3 is 5.11 Å². The summed E-state index contributed by atoms with van der Waals surface area (Å²) in [4.78, 5) is 0. The highest BCUT2D eigenvalue weighted by Gasteiger charge is 2.21. The van der Waals surface area contributed by atoms with Crippen molar-refractivity contribution in [3.05, 3.63) is 28.8 Å². The van der Waals surface area contributed by atoms with Crippen molar-refractivity contribution in [2.45, 2.75) is 51.5 Å². The van der Waals surface area contributed by atoms with Crippen LogP contribution in [-0.2, 0) is 16.9 Å². The Hall–Kier alpha value is -0.280. The molecule has 1 nitrogen and oxygen atoms in total. The van der Waals surface area contributed by atoms with Crippen molar-refractivity contribution in [1.82, 2.24) is 0 Å². The van der Waals surface area contributed by atoms with Crippen LogP contribution in [0.3, 0.4) is 0 Å². The zero-order chi connectivity index (χ0) is 14.5. The third kappa shape index (κ3) is 4.96. The SMILES string of the molecule is CCSCc1cc(CSCC)c(O)c(C(C)(C)C)c1. The molecule has 0 aliphatic heterocycles. The van der Waals surface area contributed by atoms with Gasteiger partial charge in [-0.3, -0.25) is 0 Å². The lowest BCUT2D eigenvalue weighted by Crippen LogP contribution is -2.12. The molecule has 0 atom stereocenters. The van der Waals surface area contributed by atoms with E-state index >= 15 is 0 Å². The van der Waals surface area contributed by atoms with Gasteiger partial charge in [0.25, 0.3) is 0 Å². The third-order valence-corrected chi connectivity index (χ3v) is 4.86. The number of phenolic OH excluding ortho intramolecular Hbond substituents is 1. The Kier molecular flexibility index (Phi) is 6.61. The Bertz CT molecular complexity index is 408. The molecule has 1 rings (SSSR count). The number of thioether (sulfide) groups is 2. The number of phenols is 1. The van der Waals surface area contributed by atoms with Gasteiger partial charge in [0.15, 0.2) is 0 Å². The summed E-state index contributed by atoms with van der Waals surface area (Å²) in [5.74, 6) is 4.64. The number of benzene rings is 1. The van der Waals surface area contributed by atoms with E-state index in [2.05, 4.69) is 46.8 Å². The molecule has 3 heteroatoms. The van der Waals surface area contributed by atoms with Gasteiger partial charge in [-0.2, -0.15) is 23.5 Å². The van der Waals surface area contributed by atoms with Crippen LogP contribution in [0.4, 0.5) is 0 Å². The van der Waals surface area contributed by atoms with E-state index in [9.17, 15) is 5.11 Å². The summed E-state index contributed by atoms with van der Waals surface area (Å²) >= 11 is 3.79. The molecule has 0 saturated carbocycles. The zero-order valence-electron chi connectivity index (χ0n) is 12.7. The maximum atomic E-state index is 10.5. The molecule has 0 radical (unpaired) electrons. The normalized spacial score (nSPS) is 11.8. The fourth-order valence-corrected chi connectivity index (χ4v) is 3.21. The first-order chi connectivity index (χ1) is 8.90. The number of aromatic hydroxyl groups is 1. The van der Waals surface area contributed by atoms with Crippen molar-refractivity contribution in [3.63, 3.8) is 0 Å². The first kappa shape index (κ1) is 16.8. The second-order valence-corrected chi connectivity index (χ2v) is 8.22. The first-order valence-corrected chi connectivity index (χ1v) is 9.21. The Morgan fingerprint density at radius 3 is 2.11 bits per heavy atom. The maximum absolute atomic E-state index is 10.5. The summed E-state index contributed by atoms with van der Waals surface area (Å²) in [6.45, 7) is 10.8. The van der Waals surface area contributed by atoms with Crippen LogP contribution >= 0.6 is 23.5 Å². The quantitative estimate of drug-likeness (QED) is 0.780. The highest BCUT2D eigenvalue weighted by atomic mass is 32.2. The zero-order valence-corrected chi connectivity index (χ0v) is 14.4. The van der Waals surface area contributed by atoms with Gasteiger partial charge in [-0.15, -0.1) is 0 Å². The Labute approximate surface area is 126 Å². The largest absolute Gasteiger partial charge is 0.507 e. The molecule has 0 amide bonds. The lowest BCUT2D eigenvalue weighted by molar-refractivity contribution is 0.442. The van der Waals surface area contributed by atoms with Crippen LogP contribution in [0.2, 0.25) is 0 Å². The molecule has 1 N–H and O–H groups in total. The fourth-order valence-electron chi connectivity index (χ4n) is 1.96. The van der Waals surface area contributed by atoms with Gasteiger partial charge in [-0.1, -0.05) is 46.8 Å². The van der Waals surface area contributed by atoms with Gasteiger partial charge in [0.1, 0.15) is 5.75 Å². The molecule has 0 aliphatic rings. The number of hydrogen-bond acceptors (Lipinski definition) is 3. The van der Waals surface area contributed by atoms with Gasteiger partial charge in [0, 0.05) is 17.1 Å². The van der Waals surface area contributed by atoms with Crippen LogP contribution < -0.4 is 0 Å². The molecule has 0 aromatic heterocycles. The Morgan fingerprint density at radius 2 is 1.58 bits per heavy atom. The van der Waals surface area contributed by atoms with Crippen LogP contribution in [0.15, 0.2) is 12.1 Å². The van der Waals surface area contributed by atoms with Crippen molar-refractivity contribution in [3.8, 4) is 5.75 Å². The van der Waals surface area contributed by atoms with E-state index in [0.717, 1.165) is 34.1 Å². The summed E-state index contributed by atoms with van der Waals surface area (Å²) in [6.07, 6.45) is 0. The predicted octanol–water partition coefficient (Wildman–Crippen LogP) is 5.20. The molecule has 0 heterocycles. The smallest absolute Gasteiger partial charge is 0.123 e.